The number of Topliss-reactive ketones (excluding diaryl/α,β-unsaturated/α-hetero) is 1. The van der Waals surface area contributed by atoms with Gasteiger partial charge in [0.05, 0.1) is 16.9 Å². The molecule has 0 bridgehead atoms. The number of carbonyl (C=O) groups is 2. The molecule has 0 aromatic carbocycles. The number of hydrogen-bond acceptors (Lipinski definition) is 7. The molecule has 1 aliphatic rings. The number of carbonyl (C=O) groups excluding carboxylic acids is 2. The van der Waals surface area contributed by atoms with Gasteiger partial charge in [-0.25, -0.2) is 4.79 Å². The van der Waals surface area contributed by atoms with E-state index in [1.807, 2.05) is 0 Å². The maximum Gasteiger partial charge on any atom is 0.330 e. The minimum absolute atomic E-state index is 0.0554. The van der Waals surface area contributed by atoms with Crippen molar-refractivity contribution >= 4 is 17.4 Å². The smallest absolute Gasteiger partial charge is 0.330 e. The minimum Gasteiger partial charge on any atom is -0.367 e. The summed E-state index contributed by atoms with van der Waals surface area (Å²) in [5.74, 6) is -0.612. The first-order chi connectivity index (χ1) is 10.2. The molecule has 1 fully saturated rings. The molecule has 1 aromatic heterocycles. The topological polar surface area (TPSA) is 108 Å². The number of aromatic nitrogens is 2. The second-order valence-corrected chi connectivity index (χ2v) is 6.20. The van der Waals surface area contributed by atoms with E-state index in [0.717, 1.165) is 6.20 Å². The lowest BCUT2D eigenvalue weighted by Gasteiger charge is -2.31. The van der Waals surface area contributed by atoms with Crippen molar-refractivity contribution in [1.29, 1.82) is 0 Å². The minimum atomic E-state index is -0.650. The zero-order valence-corrected chi connectivity index (χ0v) is 12.7. The van der Waals surface area contributed by atoms with E-state index in [4.69, 9.17) is 4.84 Å². The lowest BCUT2D eigenvalue weighted by molar-refractivity contribution is -0.385. The van der Waals surface area contributed by atoms with Crippen molar-refractivity contribution in [3.8, 4) is 0 Å². The average molecular weight is 310 g/mol. The van der Waals surface area contributed by atoms with Crippen molar-refractivity contribution in [2.24, 2.45) is 5.41 Å². The van der Waals surface area contributed by atoms with E-state index < -0.39 is 22.3 Å². The highest BCUT2D eigenvalue weighted by Gasteiger charge is 2.33. The van der Waals surface area contributed by atoms with E-state index >= 15 is 0 Å². The quantitative estimate of drug-likeness (QED) is 0.608. The number of rotatable bonds is 3. The molecular formula is C13H18N4O5. The van der Waals surface area contributed by atoms with E-state index in [1.54, 1.807) is 20.8 Å². The molecule has 9 nitrogen and oxygen atoms in total. The van der Waals surface area contributed by atoms with Gasteiger partial charge in [0.25, 0.3) is 0 Å². The molecule has 1 atom stereocenters. The van der Waals surface area contributed by atoms with E-state index in [0.29, 0.717) is 13.0 Å². The lowest BCUT2D eigenvalue weighted by Crippen LogP contribution is -2.44. The van der Waals surface area contributed by atoms with Gasteiger partial charge in [-0.05, 0) is 27.2 Å². The van der Waals surface area contributed by atoms with Gasteiger partial charge in [0.2, 0.25) is 0 Å². The molecular weight excluding hydrogens is 292 g/mol. The van der Waals surface area contributed by atoms with Crippen molar-refractivity contribution in [1.82, 2.24) is 14.8 Å². The van der Waals surface area contributed by atoms with Crippen molar-refractivity contribution in [3.05, 3.63) is 22.5 Å². The van der Waals surface area contributed by atoms with Crippen LogP contribution in [-0.2, 0) is 14.4 Å². The van der Waals surface area contributed by atoms with Crippen LogP contribution in [0.25, 0.3) is 0 Å². The van der Waals surface area contributed by atoms with Crippen LogP contribution in [0.4, 0.5) is 5.69 Å². The Morgan fingerprint density at radius 1 is 1.50 bits per heavy atom. The van der Waals surface area contributed by atoms with Gasteiger partial charge in [-0.3, -0.25) is 19.6 Å². The fraction of sp³-hybridized carbons (Fsp3) is 0.615. The van der Waals surface area contributed by atoms with Gasteiger partial charge in [0, 0.05) is 6.54 Å². The summed E-state index contributed by atoms with van der Waals surface area (Å²) >= 11 is 0. The third kappa shape index (κ3) is 3.48. The van der Waals surface area contributed by atoms with Crippen LogP contribution in [0.5, 0.6) is 0 Å². The van der Waals surface area contributed by atoms with Gasteiger partial charge < -0.3 is 4.84 Å². The van der Waals surface area contributed by atoms with Crippen LogP contribution >= 0.6 is 0 Å². The summed E-state index contributed by atoms with van der Waals surface area (Å²) in [5, 5.41) is 15.8. The molecule has 2 heterocycles. The second-order valence-electron chi connectivity index (χ2n) is 6.20. The highest BCUT2D eigenvalue weighted by molar-refractivity contribution is 5.85. The molecule has 1 aromatic rings. The summed E-state index contributed by atoms with van der Waals surface area (Å²) in [6.45, 7) is 5.50. The number of nitro groups is 1. The largest absolute Gasteiger partial charge is 0.367 e. The van der Waals surface area contributed by atoms with E-state index in [9.17, 15) is 19.7 Å². The lowest BCUT2D eigenvalue weighted by atomic mass is 9.98. The maximum atomic E-state index is 12.2. The van der Waals surface area contributed by atoms with Gasteiger partial charge in [-0.2, -0.15) is 5.10 Å². The van der Waals surface area contributed by atoms with Gasteiger partial charge >= 0.3 is 11.7 Å². The summed E-state index contributed by atoms with van der Waals surface area (Å²) < 4.78 is 1.30. The van der Waals surface area contributed by atoms with Crippen molar-refractivity contribution in [3.63, 3.8) is 0 Å². The molecule has 2 rings (SSSR count). The fourth-order valence-corrected chi connectivity index (χ4v) is 1.99. The van der Waals surface area contributed by atoms with Crippen molar-refractivity contribution in [2.75, 3.05) is 13.1 Å². The summed E-state index contributed by atoms with van der Waals surface area (Å²) in [6, 6.07) is -0.571. The van der Waals surface area contributed by atoms with Crippen LogP contribution in [0.15, 0.2) is 12.4 Å². The number of nitrogens with zero attached hydrogens (tertiary/aromatic N) is 4. The molecule has 9 heteroatoms. The molecule has 0 radical (unpaired) electrons. The molecule has 0 spiro atoms. The van der Waals surface area contributed by atoms with Gasteiger partial charge in [0.1, 0.15) is 18.4 Å². The zero-order chi connectivity index (χ0) is 16.5. The Hall–Kier alpha value is -2.29. The van der Waals surface area contributed by atoms with E-state index in [2.05, 4.69) is 5.10 Å². The van der Waals surface area contributed by atoms with Crippen LogP contribution in [0.1, 0.15) is 33.2 Å². The molecule has 22 heavy (non-hydrogen) atoms. The monoisotopic (exact) mass is 310 g/mol. The molecule has 1 saturated heterocycles. The molecule has 0 aliphatic carbocycles. The summed E-state index contributed by atoms with van der Waals surface area (Å²) in [7, 11) is 0. The Bertz CT molecular complexity index is 604. The number of hydroxylamine groups is 2. The summed E-state index contributed by atoms with van der Waals surface area (Å²) in [5.41, 5.74) is -0.808. The van der Waals surface area contributed by atoms with Crippen LogP contribution in [0, 0.1) is 15.5 Å². The predicted molar refractivity (Wildman–Crippen MR) is 74.7 cm³/mol. The fourth-order valence-electron chi connectivity index (χ4n) is 1.99. The van der Waals surface area contributed by atoms with Crippen LogP contribution in [-0.4, -0.2) is 44.6 Å². The first-order valence-electron chi connectivity index (χ1n) is 6.87. The second kappa shape index (κ2) is 5.84. The third-order valence-corrected chi connectivity index (χ3v) is 3.30. The van der Waals surface area contributed by atoms with Crippen LogP contribution in [0.2, 0.25) is 0 Å². The van der Waals surface area contributed by atoms with Gasteiger partial charge in [-0.15, -0.1) is 5.06 Å². The van der Waals surface area contributed by atoms with Crippen molar-refractivity contribution < 1.29 is 19.3 Å². The first-order valence-corrected chi connectivity index (χ1v) is 6.87. The Labute approximate surface area is 126 Å². The SMILES string of the molecule is CC(C)(C)C(=O)ON1CCC(n2cc([N+](=O)[O-])cn2)C(=O)C1. The maximum absolute atomic E-state index is 12.2. The highest BCUT2D eigenvalue weighted by atomic mass is 16.7. The Balaban J connectivity index is 1.99. The zero-order valence-electron chi connectivity index (χ0n) is 12.7. The first kappa shape index (κ1) is 16.1. The Kier molecular flexibility index (Phi) is 4.27. The normalized spacial score (nSPS) is 20.0. The van der Waals surface area contributed by atoms with E-state index in [-0.39, 0.29) is 18.0 Å². The predicted octanol–water partition coefficient (Wildman–Crippen LogP) is 1.11. The number of ketones is 1. The molecule has 0 N–H and O–H groups in total. The summed E-state index contributed by atoms with van der Waals surface area (Å²) in [6.07, 6.45) is 2.72. The van der Waals surface area contributed by atoms with Gasteiger partial charge in [-0.1, -0.05) is 0 Å². The highest BCUT2D eigenvalue weighted by Crippen LogP contribution is 2.23. The number of piperidine rings is 1. The standard InChI is InChI=1S/C13H18N4O5/c1-13(2,3)12(19)22-15-5-4-10(11(18)8-15)16-7-9(6-14-16)17(20)21/h6-7,10H,4-5,8H2,1-3H3. The third-order valence-electron chi connectivity index (χ3n) is 3.30. The van der Waals surface area contributed by atoms with E-state index in [1.165, 1.54) is 15.9 Å². The van der Waals surface area contributed by atoms with Gasteiger partial charge in [0.15, 0.2) is 5.78 Å². The average Bonchev–Trinajstić information content (AvgIpc) is 2.87. The Morgan fingerprint density at radius 2 is 2.18 bits per heavy atom. The summed E-state index contributed by atoms with van der Waals surface area (Å²) in [4.78, 5) is 39.2. The van der Waals surface area contributed by atoms with Crippen LogP contribution in [0.3, 0.4) is 0 Å². The molecule has 0 amide bonds. The van der Waals surface area contributed by atoms with Crippen LogP contribution < -0.4 is 0 Å². The molecule has 0 saturated carbocycles. The van der Waals surface area contributed by atoms with Crippen molar-refractivity contribution in [2.45, 2.75) is 33.2 Å². The molecule has 1 unspecified atom stereocenters. The Morgan fingerprint density at radius 3 is 2.68 bits per heavy atom. The molecule has 120 valence electrons. The number of hydrogen-bond donors (Lipinski definition) is 0. The molecule has 1 aliphatic heterocycles.